The van der Waals surface area contributed by atoms with E-state index in [4.69, 9.17) is 10.2 Å². The summed E-state index contributed by atoms with van der Waals surface area (Å²) in [4.78, 5) is 54.0. The van der Waals surface area contributed by atoms with E-state index in [1.54, 1.807) is 24.3 Å². The second-order valence-corrected chi connectivity index (χ2v) is 14.2. The molecule has 0 unspecified atom stereocenters. The summed E-state index contributed by atoms with van der Waals surface area (Å²) in [5.41, 5.74) is 0.279. The van der Waals surface area contributed by atoms with Gasteiger partial charge in [-0.1, -0.05) is 97.1 Å². The van der Waals surface area contributed by atoms with Crippen LogP contribution < -0.4 is 0 Å². The van der Waals surface area contributed by atoms with Crippen LogP contribution in [0.25, 0.3) is 6.08 Å². The summed E-state index contributed by atoms with van der Waals surface area (Å²) in [5.74, 6) is -3.59. The van der Waals surface area contributed by atoms with Gasteiger partial charge in [-0.15, -0.1) is 0 Å². The fourth-order valence-electron chi connectivity index (χ4n) is 6.33. The summed E-state index contributed by atoms with van der Waals surface area (Å²) < 4.78 is 114. The predicted molar refractivity (Wildman–Crippen MR) is 224 cm³/mol. The summed E-state index contributed by atoms with van der Waals surface area (Å²) in [7, 11) is 0. The Bertz CT molecular complexity index is 2800. The van der Waals surface area contributed by atoms with E-state index >= 15 is 0 Å². The number of carboxylic acid groups (broad SMARTS) is 3. The molecule has 348 valence electrons. The minimum absolute atomic E-state index is 0.00914. The van der Waals surface area contributed by atoms with Crippen molar-refractivity contribution in [2.45, 2.75) is 37.8 Å². The van der Waals surface area contributed by atoms with Crippen molar-refractivity contribution in [1.82, 2.24) is 0 Å². The van der Waals surface area contributed by atoms with Crippen LogP contribution in [0.4, 0.5) is 39.5 Å². The number of aldehydes is 1. The fourth-order valence-corrected chi connectivity index (χ4v) is 6.33. The van der Waals surface area contributed by atoms with E-state index in [0.717, 1.165) is 42.5 Å². The zero-order valence-corrected chi connectivity index (χ0v) is 34.2. The van der Waals surface area contributed by atoms with E-state index in [1.165, 1.54) is 72.8 Å². The Morgan fingerprint density at radius 2 is 0.836 bits per heavy atom. The van der Waals surface area contributed by atoms with Gasteiger partial charge in [0.15, 0.2) is 0 Å². The largest absolute Gasteiger partial charge is 0.478 e. The zero-order chi connectivity index (χ0) is 49.7. The second kappa shape index (κ2) is 22.2. The Hall–Kier alpha value is -8.09. The van der Waals surface area contributed by atoms with Crippen molar-refractivity contribution >= 4 is 30.3 Å². The van der Waals surface area contributed by atoms with Crippen molar-refractivity contribution in [3.05, 3.63) is 228 Å². The number of benzene rings is 6. The Balaban J connectivity index is 0.000000221. The van der Waals surface area contributed by atoms with Crippen LogP contribution in [0.15, 0.2) is 140 Å². The van der Waals surface area contributed by atoms with Crippen LogP contribution >= 0.6 is 0 Å². The molecule has 0 fully saturated rings. The highest BCUT2D eigenvalue weighted by atomic mass is 19.4. The number of nitro groups is 1. The van der Waals surface area contributed by atoms with Gasteiger partial charge in [0.05, 0.1) is 38.3 Å². The zero-order valence-electron chi connectivity index (χ0n) is 34.2. The molecule has 0 atom stereocenters. The molecular weight excluding hydrogens is 906 g/mol. The average molecular weight is 940 g/mol. The Morgan fingerprint density at radius 1 is 0.478 bits per heavy atom. The molecule has 0 aliphatic rings. The van der Waals surface area contributed by atoms with Gasteiger partial charge in [0, 0.05) is 11.6 Å². The molecule has 6 aromatic rings. The maximum atomic E-state index is 12.8. The highest BCUT2D eigenvalue weighted by Gasteiger charge is 2.32. The number of hydrogen-bond acceptors (Lipinski definition) is 6. The molecule has 0 aliphatic heterocycles. The average Bonchev–Trinajstić information content (AvgIpc) is 3.26. The van der Waals surface area contributed by atoms with Crippen molar-refractivity contribution in [3.63, 3.8) is 0 Å². The van der Waals surface area contributed by atoms with Crippen LogP contribution in [-0.4, -0.2) is 44.4 Å². The molecule has 3 N–H and O–H groups in total. The van der Waals surface area contributed by atoms with Crippen LogP contribution in [0.3, 0.4) is 0 Å². The van der Waals surface area contributed by atoms with Gasteiger partial charge in [-0.05, 0) is 94.6 Å². The van der Waals surface area contributed by atoms with Crippen molar-refractivity contribution < 1.29 is 78.9 Å². The standard InChI is InChI=1S/C17H12F3NO4.C16H11F3O3.C15H11F3O2/c18-17(19,20)14-3-1-2-12(9-14)8-13-5-4-11(6-7-21(24)25)10-15(13)16(22)23;17-16(18,19)13-3-1-2-10(7-13)6-12-5-4-11(9-20)8-14(12)15(21)22;16-15(17,18)12-6-3-4-10(9-12)8-11-5-1-2-7-13(11)14(19)20/h1-7,9-10H,8H2,(H,22,23);1-5,7-9H,6H2,(H,21,22);1-7,9H,8H2,(H,19,20)/b7-6+;;. The molecule has 0 aromatic heterocycles. The van der Waals surface area contributed by atoms with Gasteiger partial charge < -0.3 is 15.3 Å². The Labute approximate surface area is 374 Å². The van der Waals surface area contributed by atoms with Gasteiger partial charge in [0.2, 0.25) is 6.20 Å². The van der Waals surface area contributed by atoms with Gasteiger partial charge in [-0.2, -0.15) is 39.5 Å². The molecule has 6 aromatic carbocycles. The van der Waals surface area contributed by atoms with E-state index in [9.17, 15) is 73.9 Å². The van der Waals surface area contributed by atoms with Crippen LogP contribution in [0.5, 0.6) is 0 Å². The first-order valence-electron chi connectivity index (χ1n) is 19.1. The van der Waals surface area contributed by atoms with E-state index in [0.29, 0.717) is 51.4 Å². The number of carboxylic acids is 3. The minimum Gasteiger partial charge on any atom is -0.478 e. The minimum atomic E-state index is -4.48. The van der Waals surface area contributed by atoms with Crippen LogP contribution in [0, 0.1) is 10.1 Å². The van der Waals surface area contributed by atoms with Gasteiger partial charge in [-0.25, -0.2) is 14.4 Å². The lowest BCUT2D eigenvalue weighted by atomic mass is 9.96. The Morgan fingerprint density at radius 3 is 1.19 bits per heavy atom. The van der Waals surface area contributed by atoms with Crippen LogP contribution in [-0.2, 0) is 37.8 Å². The van der Waals surface area contributed by atoms with Gasteiger partial charge in [-0.3, -0.25) is 14.9 Å². The second-order valence-electron chi connectivity index (χ2n) is 14.2. The molecule has 0 saturated carbocycles. The molecule has 0 saturated heterocycles. The lowest BCUT2D eigenvalue weighted by Gasteiger charge is -2.10. The smallest absolute Gasteiger partial charge is 0.416 e. The first kappa shape index (κ1) is 51.5. The number of carbonyl (C=O) groups is 4. The number of halogens is 9. The molecule has 0 radical (unpaired) electrons. The topological polar surface area (TPSA) is 172 Å². The third-order valence-electron chi connectivity index (χ3n) is 9.45. The van der Waals surface area contributed by atoms with Gasteiger partial charge >= 0.3 is 36.4 Å². The maximum absolute atomic E-state index is 12.8. The lowest BCUT2D eigenvalue weighted by molar-refractivity contribution is -0.400. The van der Waals surface area contributed by atoms with Crippen LogP contribution in [0.1, 0.15) is 97.1 Å². The molecule has 0 aliphatic carbocycles. The number of hydrogen-bond donors (Lipinski definition) is 3. The van der Waals surface area contributed by atoms with E-state index in [2.05, 4.69) is 0 Å². The maximum Gasteiger partial charge on any atom is 0.416 e. The summed E-state index contributed by atoms with van der Waals surface area (Å²) in [5, 5.41) is 37.8. The molecule has 67 heavy (non-hydrogen) atoms. The summed E-state index contributed by atoms with van der Waals surface area (Å²) in [6.07, 6.45) is -10.8. The number of aromatic carboxylic acids is 3. The summed E-state index contributed by atoms with van der Waals surface area (Å²) in [6, 6.07) is 28.7. The number of alkyl halides is 9. The van der Waals surface area contributed by atoms with Crippen molar-refractivity contribution in [3.8, 4) is 0 Å². The van der Waals surface area contributed by atoms with Gasteiger partial charge in [0.25, 0.3) is 0 Å². The van der Waals surface area contributed by atoms with Gasteiger partial charge in [0.1, 0.15) is 6.29 Å². The van der Waals surface area contributed by atoms with Crippen molar-refractivity contribution in [2.75, 3.05) is 0 Å². The van der Waals surface area contributed by atoms with Crippen molar-refractivity contribution in [2.24, 2.45) is 0 Å². The number of nitrogens with zero attached hydrogens (tertiary/aromatic N) is 1. The van der Waals surface area contributed by atoms with Crippen LogP contribution in [0.2, 0.25) is 0 Å². The summed E-state index contributed by atoms with van der Waals surface area (Å²) >= 11 is 0. The SMILES string of the molecule is O=C(O)c1cc(/C=C/[N+](=O)[O-])ccc1Cc1cccc(C(F)(F)F)c1.O=C(O)c1ccccc1Cc1cccc(C(F)(F)F)c1.O=Cc1ccc(Cc2cccc(C(F)(F)F)c2)c(C(=O)O)c1. The quantitative estimate of drug-likeness (QED) is 0.0467. The first-order valence-corrected chi connectivity index (χ1v) is 19.1. The molecule has 10 nitrogen and oxygen atoms in total. The highest BCUT2D eigenvalue weighted by Crippen LogP contribution is 2.33. The highest BCUT2D eigenvalue weighted by molar-refractivity contribution is 5.92. The lowest BCUT2D eigenvalue weighted by Crippen LogP contribution is -2.07. The van der Waals surface area contributed by atoms with Crippen molar-refractivity contribution in [1.29, 1.82) is 0 Å². The molecule has 0 amide bonds. The fraction of sp³-hybridized carbons (Fsp3) is 0.125. The third kappa shape index (κ3) is 15.5. The molecular formula is C48H34F9NO9. The number of carbonyl (C=O) groups excluding carboxylic acids is 1. The van der Waals surface area contributed by atoms with E-state index < -0.39 is 58.1 Å². The molecule has 6 rings (SSSR count). The molecule has 0 spiro atoms. The monoisotopic (exact) mass is 939 g/mol. The molecule has 0 heterocycles. The molecule has 0 bridgehead atoms. The third-order valence-corrected chi connectivity index (χ3v) is 9.45. The predicted octanol–water partition coefficient (Wildman–Crippen LogP) is 12.0. The Kier molecular flexibility index (Phi) is 17.1. The van der Waals surface area contributed by atoms with E-state index in [1.807, 2.05) is 0 Å². The summed E-state index contributed by atoms with van der Waals surface area (Å²) in [6.45, 7) is 0. The molecule has 19 heteroatoms. The first-order chi connectivity index (χ1) is 31.3. The normalized spacial score (nSPS) is 11.4. The van der Waals surface area contributed by atoms with E-state index in [-0.39, 0.29) is 41.5 Å². The number of rotatable bonds is 12.